The molecule has 1 fully saturated rings. The molecule has 5 N–H and O–H groups in total. The molecule has 2 amide bonds. The molecule has 2 aromatic rings. The second-order valence-corrected chi connectivity index (χ2v) is 11.9. The van der Waals surface area contributed by atoms with Crippen LogP contribution < -0.4 is 21.3 Å². The normalized spacial score (nSPS) is 21.2. The number of anilines is 1. The summed E-state index contributed by atoms with van der Waals surface area (Å²) in [6, 6.07) is 11.7. The first-order chi connectivity index (χ1) is 20.1. The summed E-state index contributed by atoms with van der Waals surface area (Å²) in [6.45, 7) is 5.26. The maximum atomic E-state index is 13.4. The van der Waals surface area contributed by atoms with Crippen LogP contribution in [0.15, 0.2) is 64.5 Å². The Kier molecular flexibility index (Phi) is 10.1. The number of hydrogen-bond donors (Lipinski definition) is 5. The van der Waals surface area contributed by atoms with Gasteiger partial charge in [-0.05, 0) is 50.1 Å². The summed E-state index contributed by atoms with van der Waals surface area (Å²) in [4.78, 5) is 41.9. The molecule has 4 rings (SSSR count). The van der Waals surface area contributed by atoms with E-state index in [-0.39, 0.29) is 17.2 Å². The first-order valence-electron chi connectivity index (χ1n) is 13.7. The van der Waals surface area contributed by atoms with Crippen LogP contribution in [0.25, 0.3) is 0 Å². The van der Waals surface area contributed by atoms with Gasteiger partial charge in [0.15, 0.2) is 5.96 Å². The van der Waals surface area contributed by atoms with Crippen LogP contribution in [0, 0.1) is 0 Å². The zero-order valence-electron chi connectivity index (χ0n) is 23.4. The summed E-state index contributed by atoms with van der Waals surface area (Å²) in [6.07, 6.45) is -0.852. The van der Waals surface area contributed by atoms with Gasteiger partial charge in [0.2, 0.25) is 21.8 Å². The van der Waals surface area contributed by atoms with Crippen molar-refractivity contribution < 1.29 is 32.6 Å². The Morgan fingerprint density at radius 1 is 1.12 bits per heavy atom. The fourth-order valence-electron chi connectivity index (χ4n) is 4.88. The molecule has 2 unspecified atom stereocenters. The highest BCUT2D eigenvalue weighted by Crippen LogP contribution is 2.30. The number of carboxylic acid groups (broad SMARTS) is 1. The fourth-order valence-corrected chi connectivity index (χ4v) is 6.63. The Labute approximate surface area is 244 Å². The number of sulfonamides is 1. The van der Waals surface area contributed by atoms with Crippen LogP contribution in [-0.2, 0) is 35.6 Å². The summed E-state index contributed by atoms with van der Waals surface area (Å²) < 4.78 is 33.4. The van der Waals surface area contributed by atoms with Gasteiger partial charge in [0.1, 0.15) is 18.3 Å². The van der Waals surface area contributed by atoms with Crippen molar-refractivity contribution in [2.45, 2.75) is 62.4 Å². The van der Waals surface area contributed by atoms with Gasteiger partial charge in [-0.2, -0.15) is 4.31 Å². The van der Waals surface area contributed by atoms with Gasteiger partial charge < -0.3 is 31.1 Å². The van der Waals surface area contributed by atoms with Gasteiger partial charge in [-0.15, -0.1) is 0 Å². The van der Waals surface area contributed by atoms with E-state index in [1.165, 1.54) is 19.1 Å². The molecular formula is C28H36N6O7S. The van der Waals surface area contributed by atoms with E-state index < -0.39 is 46.3 Å². The van der Waals surface area contributed by atoms with Crippen LogP contribution in [0.4, 0.5) is 5.69 Å². The number of aliphatic imine (C=N–C) groups is 1. The van der Waals surface area contributed by atoms with E-state index in [2.05, 4.69) is 26.3 Å². The number of rotatable bonds is 12. The van der Waals surface area contributed by atoms with E-state index in [1.807, 2.05) is 0 Å². The maximum Gasteiger partial charge on any atom is 0.326 e. The molecule has 0 saturated carbocycles. The third kappa shape index (κ3) is 7.63. The molecule has 0 aliphatic carbocycles. The number of carbonyl (C=O) groups excluding carboxylic acids is 2. The lowest BCUT2D eigenvalue weighted by Crippen LogP contribution is -2.54. The highest BCUT2D eigenvalue weighted by atomic mass is 32.2. The number of ether oxygens (including phenoxy) is 1. The molecule has 42 heavy (non-hydrogen) atoms. The summed E-state index contributed by atoms with van der Waals surface area (Å²) >= 11 is 0. The SMILES string of the molecule is CC1OC(C)N(S(=O)(=O)c2ccccc2)[C@@H]1C(=O)N[C@@H](Cc1ccc(NC(=O)CCCNC2=NCCN2)cc1)C(=O)O. The molecule has 226 valence electrons. The largest absolute Gasteiger partial charge is 0.480 e. The Balaban J connectivity index is 1.34. The molecule has 2 aromatic carbocycles. The Bertz CT molecular complexity index is 1400. The van der Waals surface area contributed by atoms with Crippen molar-refractivity contribution in [1.29, 1.82) is 0 Å². The van der Waals surface area contributed by atoms with Crippen LogP contribution >= 0.6 is 0 Å². The van der Waals surface area contributed by atoms with Crippen molar-refractivity contribution in [2.75, 3.05) is 25.0 Å². The van der Waals surface area contributed by atoms with Crippen LogP contribution in [-0.4, -0.2) is 85.6 Å². The number of nitrogens with one attached hydrogen (secondary N) is 4. The smallest absolute Gasteiger partial charge is 0.326 e. The second-order valence-electron chi connectivity index (χ2n) is 10.1. The Hall–Kier alpha value is -4.01. The molecule has 0 spiro atoms. The first kappa shape index (κ1) is 30.9. The van der Waals surface area contributed by atoms with Crippen molar-refractivity contribution in [3.8, 4) is 0 Å². The summed E-state index contributed by atoms with van der Waals surface area (Å²) in [5.41, 5.74) is 1.16. The van der Waals surface area contributed by atoms with E-state index in [9.17, 15) is 27.9 Å². The topological polar surface area (TPSA) is 179 Å². The zero-order valence-corrected chi connectivity index (χ0v) is 24.3. The third-order valence-corrected chi connectivity index (χ3v) is 8.86. The minimum Gasteiger partial charge on any atom is -0.480 e. The summed E-state index contributed by atoms with van der Waals surface area (Å²) in [5.74, 6) is -1.45. The quantitative estimate of drug-likeness (QED) is 0.221. The summed E-state index contributed by atoms with van der Waals surface area (Å²) in [7, 11) is -4.10. The first-order valence-corrected chi connectivity index (χ1v) is 15.2. The highest BCUT2D eigenvalue weighted by molar-refractivity contribution is 7.89. The lowest BCUT2D eigenvalue weighted by molar-refractivity contribution is -0.142. The number of benzene rings is 2. The molecule has 13 nitrogen and oxygen atoms in total. The fraction of sp³-hybridized carbons (Fsp3) is 0.429. The van der Waals surface area contributed by atoms with Crippen LogP contribution in [0.2, 0.25) is 0 Å². The molecule has 4 atom stereocenters. The summed E-state index contributed by atoms with van der Waals surface area (Å²) in [5, 5.41) is 21.4. The van der Waals surface area contributed by atoms with Crippen molar-refractivity contribution in [3.05, 3.63) is 60.2 Å². The average molecular weight is 601 g/mol. The number of carbonyl (C=O) groups is 3. The number of nitrogens with zero attached hydrogens (tertiary/aromatic N) is 2. The van der Waals surface area contributed by atoms with Crippen molar-refractivity contribution in [3.63, 3.8) is 0 Å². The predicted octanol–water partition coefficient (Wildman–Crippen LogP) is 0.890. The zero-order chi connectivity index (χ0) is 30.3. The third-order valence-electron chi connectivity index (χ3n) is 6.92. The minimum atomic E-state index is -4.10. The molecule has 2 aliphatic rings. The van der Waals surface area contributed by atoms with Gasteiger partial charge in [-0.25, -0.2) is 13.2 Å². The second kappa shape index (κ2) is 13.8. The highest BCUT2D eigenvalue weighted by Gasteiger charge is 2.49. The van der Waals surface area contributed by atoms with Gasteiger partial charge in [-0.3, -0.25) is 14.6 Å². The molecule has 2 aliphatic heterocycles. The van der Waals surface area contributed by atoms with E-state index in [1.54, 1.807) is 49.4 Å². The predicted molar refractivity (Wildman–Crippen MR) is 155 cm³/mol. The lowest BCUT2D eigenvalue weighted by Gasteiger charge is -2.27. The van der Waals surface area contributed by atoms with Gasteiger partial charge in [0.25, 0.3) is 0 Å². The molecule has 1 saturated heterocycles. The van der Waals surface area contributed by atoms with E-state index >= 15 is 0 Å². The number of carboxylic acids is 1. The molecule has 0 bridgehead atoms. The van der Waals surface area contributed by atoms with Crippen LogP contribution in [0.5, 0.6) is 0 Å². The van der Waals surface area contributed by atoms with Crippen LogP contribution in [0.1, 0.15) is 32.3 Å². The van der Waals surface area contributed by atoms with E-state index in [0.29, 0.717) is 30.6 Å². The average Bonchev–Trinajstić information content (AvgIpc) is 3.59. The van der Waals surface area contributed by atoms with Crippen molar-refractivity contribution in [1.82, 2.24) is 20.3 Å². The van der Waals surface area contributed by atoms with Gasteiger partial charge in [-0.1, -0.05) is 30.3 Å². The molecular weight excluding hydrogens is 564 g/mol. The van der Waals surface area contributed by atoms with Gasteiger partial charge in [0.05, 0.1) is 17.5 Å². The molecule has 0 aromatic heterocycles. The number of hydrogen-bond acceptors (Lipinski definition) is 9. The minimum absolute atomic E-state index is 0.00214. The van der Waals surface area contributed by atoms with Gasteiger partial charge >= 0.3 is 5.97 Å². The molecule has 2 heterocycles. The van der Waals surface area contributed by atoms with Crippen molar-refractivity contribution in [2.24, 2.45) is 4.99 Å². The maximum absolute atomic E-state index is 13.4. The van der Waals surface area contributed by atoms with Crippen LogP contribution in [0.3, 0.4) is 0 Å². The number of aliphatic carboxylic acids is 1. The Morgan fingerprint density at radius 2 is 1.83 bits per heavy atom. The van der Waals surface area contributed by atoms with Gasteiger partial charge in [0, 0.05) is 31.6 Å². The van der Waals surface area contributed by atoms with E-state index in [4.69, 9.17) is 4.74 Å². The number of guanidine groups is 1. The number of amides is 2. The van der Waals surface area contributed by atoms with E-state index in [0.717, 1.165) is 23.4 Å². The molecule has 0 radical (unpaired) electrons. The lowest BCUT2D eigenvalue weighted by atomic mass is 10.0. The monoisotopic (exact) mass is 600 g/mol. The van der Waals surface area contributed by atoms with Crippen molar-refractivity contribution >= 4 is 39.5 Å². The standard InChI is InChI=1S/C28H36N6O7S/c1-18-25(34(19(2)41-18)42(39,40)22-7-4-3-5-8-22)26(36)33-23(27(37)38)17-20-10-12-21(13-11-20)32-24(35)9-6-14-29-28-30-15-16-31-28/h3-5,7-8,10-13,18-19,23,25H,6,9,14-17H2,1-2H3,(H,32,35)(H,33,36)(H,37,38)(H2,29,30,31)/t18?,19?,23-,25-/m0/s1. The molecule has 14 heteroatoms. The Morgan fingerprint density at radius 3 is 2.48 bits per heavy atom.